The van der Waals surface area contributed by atoms with Crippen LogP contribution in [0.3, 0.4) is 0 Å². The van der Waals surface area contributed by atoms with E-state index in [1.165, 1.54) is 12.1 Å². The molecule has 0 N–H and O–H groups in total. The van der Waals surface area contributed by atoms with Gasteiger partial charge < -0.3 is 0 Å². The Hall–Kier alpha value is -3.22. The molecule has 6 nitrogen and oxygen atoms in total. The van der Waals surface area contributed by atoms with Gasteiger partial charge in [0.1, 0.15) is 0 Å². The van der Waals surface area contributed by atoms with Crippen molar-refractivity contribution >= 4 is 77.7 Å². The summed E-state index contributed by atoms with van der Waals surface area (Å²) in [5, 5.41) is 28.6. The topological polar surface area (TPSA) is 86.3 Å². The average molecular weight is 411 g/mol. The van der Waals surface area contributed by atoms with Crippen LogP contribution in [0.5, 0.6) is 0 Å². The zero-order valence-corrected chi connectivity index (χ0v) is 15.4. The highest BCUT2D eigenvalue weighted by Gasteiger charge is 2.24. The van der Waals surface area contributed by atoms with Gasteiger partial charge in [-0.1, -0.05) is 35.3 Å². The SMILES string of the molecule is O=[N+]([O-])c1ccc2c3ccc(Cl)c4c([N+](=O)[O-])ccc(c5ccc(Cl)c1c52)c43. The fourth-order valence-corrected chi connectivity index (χ4v) is 4.58. The van der Waals surface area contributed by atoms with Crippen LogP contribution >= 0.6 is 23.2 Å². The van der Waals surface area contributed by atoms with E-state index in [9.17, 15) is 20.2 Å². The summed E-state index contributed by atoms with van der Waals surface area (Å²) in [6.07, 6.45) is 0. The summed E-state index contributed by atoms with van der Waals surface area (Å²) in [4.78, 5) is 22.2. The first-order valence-electron chi connectivity index (χ1n) is 8.20. The van der Waals surface area contributed by atoms with E-state index in [1.807, 2.05) is 0 Å². The minimum absolute atomic E-state index is 0.0823. The molecule has 0 aliphatic heterocycles. The van der Waals surface area contributed by atoms with E-state index in [0.29, 0.717) is 21.5 Å². The predicted molar refractivity (Wildman–Crippen MR) is 111 cm³/mol. The van der Waals surface area contributed by atoms with Crippen LogP contribution in [0.2, 0.25) is 10.0 Å². The molecular formula is C20H8Cl2N2O4. The first kappa shape index (κ1) is 16.9. The molecule has 0 atom stereocenters. The molecule has 0 heterocycles. The van der Waals surface area contributed by atoms with Crippen molar-refractivity contribution in [3.63, 3.8) is 0 Å². The summed E-state index contributed by atoms with van der Waals surface area (Å²) in [6, 6.07) is 12.9. The van der Waals surface area contributed by atoms with Gasteiger partial charge in [-0.15, -0.1) is 0 Å². The van der Waals surface area contributed by atoms with Crippen LogP contribution in [-0.4, -0.2) is 9.85 Å². The zero-order chi connectivity index (χ0) is 19.7. The Bertz CT molecular complexity index is 1360. The van der Waals surface area contributed by atoms with Gasteiger partial charge in [0.25, 0.3) is 11.4 Å². The van der Waals surface area contributed by atoms with Crippen LogP contribution in [0, 0.1) is 20.2 Å². The van der Waals surface area contributed by atoms with Gasteiger partial charge in [-0.05, 0) is 45.8 Å². The maximum absolute atomic E-state index is 11.6. The monoisotopic (exact) mass is 410 g/mol. The lowest BCUT2D eigenvalue weighted by molar-refractivity contribution is -0.383. The van der Waals surface area contributed by atoms with Crippen molar-refractivity contribution in [1.29, 1.82) is 0 Å². The van der Waals surface area contributed by atoms with Gasteiger partial charge >= 0.3 is 0 Å². The fourth-order valence-electron chi connectivity index (χ4n) is 4.07. The van der Waals surface area contributed by atoms with Gasteiger partial charge in [0.2, 0.25) is 0 Å². The summed E-state index contributed by atoms with van der Waals surface area (Å²) in [5.41, 5.74) is -0.165. The van der Waals surface area contributed by atoms with E-state index < -0.39 is 9.85 Å². The molecule has 0 aliphatic rings. The van der Waals surface area contributed by atoms with Crippen molar-refractivity contribution in [1.82, 2.24) is 0 Å². The molecule has 136 valence electrons. The lowest BCUT2D eigenvalue weighted by Crippen LogP contribution is -1.95. The average Bonchev–Trinajstić information content (AvgIpc) is 2.67. The molecule has 0 radical (unpaired) electrons. The zero-order valence-electron chi connectivity index (χ0n) is 13.9. The lowest BCUT2D eigenvalue weighted by Gasteiger charge is -2.15. The van der Waals surface area contributed by atoms with E-state index in [2.05, 4.69) is 0 Å². The summed E-state index contributed by atoms with van der Waals surface area (Å²) in [6.45, 7) is 0. The molecule has 0 saturated carbocycles. The second-order valence-corrected chi connectivity index (χ2v) is 7.28. The van der Waals surface area contributed by atoms with E-state index >= 15 is 0 Å². The lowest BCUT2D eigenvalue weighted by atomic mass is 9.89. The van der Waals surface area contributed by atoms with Crippen molar-refractivity contribution in [2.24, 2.45) is 0 Å². The molecule has 0 aromatic heterocycles. The molecule has 0 fully saturated rings. The Labute approximate surface area is 166 Å². The molecule has 0 bridgehead atoms. The number of nitro benzene ring substituents is 2. The van der Waals surface area contributed by atoms with Gasteiger partial charge in [-0.2, -0.15) is 0 Å². The van der Waals surface area contributed by atoms with Crippen molar-refractivity contribution in [3.8, 4) is 0 Å². The van der Waals surface area contributed by atoms with Gasteiger partial charge in [-0.3, -0.25) is 20.2 Å². The van der Waals surface area contributed by atoms with E-state index in [4.69, 9.17) is 23.2 Å². The highest BCUT2D eigenvalue weighted by atomic mass is 35.5. The molecule has 0 aliphatic carbocycles. The number of halogens is 2. The molecule has 0 amide bonds. The molecule has 0 saturated heterocycles. The number of fused-ring (bicyclic) bond motifs is 2. The predicted octanol–water partition coefficient (Wildman–Crippen LogP) is 6.86. The highest BCUT2D eigenvalue weighted by Crippen LogP contribution is 2.47. The second kappa shape index (κ2) is 5.64. The summed E-state index contributed by atoms with van der Waals surface area (Å²) in [7, 11) is 0. The molecule has 5 aromatic carbocycles. The third kappa shape index (κ3) is 2.04. The summed E-state index contributed by atoms with van der Waals surface area (Å²) >= 11 is 12.7. The molecule has 0 unspecified atom stereocenters. The van der Waals surface area contributed by atoms with Crippen molar-refractivity contribution in [2.45, 2.75) is 0 Å². The van der Waals surface area contributed by atoms with Crippen molar-refractivity contribution < 1.29 is 9.85 Å². The second-order valence-electron chi connectivity index (χ2n) is 6.47. The molecular weight excluding hydrogens is 403 g/mol. The van der Waals surface area contributed by atoms with Crippen LogP contribution in [0.25, 0.3) is 43.1 Å². The smallest absolute Gasteiger partial charge is 0.258 e. The molecule has 8 heteroatoms. The molecule has 0 spiro atoms. The first-order chi connectivity index (χ1) is 13.4. The molecule has 5 aromatic rings. The first-order valence-corrected chi connectivity index (χ1v) is 8.95. The number of rotatable bonds is 2. The van der Waals surface area contributed by atoms with E-state index in [-0.39, 0.29) is 21.4 Å². The van der Waals surface area contributed by atoms with Crippen LogP contribution in [0.15, 0.2) is 48.5 Å². The number of benzene rings is 5. The Morgan fingerprint density at radius 2 is 0.857 bits per heavy atom. The molecule has 28 heavy (non-hydrogen) atoms. The number of nitro groups is 2. The Kier molecular flexibility index (Phi) is 3.41. The van der Waals surface area contributed by atoms with Crippen LogP contribution in [-0.2, 0) is 0 Å². The van der Waals surface area contributed by atoms with E-state index in [1.54, 1.807) is 36.4 Å². The third-order valence-electron chi connectivity index (χ3n) is 5.15. The number of nitrogens with zero attached hydrogens (tertiary/aromatic N) is 2. The largest absolute Gasteiger partial charge is 0.278 e. The third-order valence-corrected chi connectivity index (χ3v) is 5.78. The minimum Gasteiger partial charge on any atom is -0.258 e. The van der Waals surface area contributed by atoms with Crippen LogP contribution < -0.4 is 0 Å². The Balaban J connectivity index is 2.18. The maximum atomic E-state index is 11.6. The normalized spacial score (nSPS) is 11.8. The number of hydrogen-bond donors (Lipinski definition) is 0. The van der Waals surface area contributed by atoms with Gasteiger partial charge in [0.15, 0.2) is 0 Å². The van der Waals surface area contributed by atoms with Gasteiger partial charge in [-0.25, -0.2) is 0 Å². The number of non-ortho nitro benzene ring substituents is 2. The summed E-state index contributed by atoms with van der Waals surface area (Å²) < 4.78 is 0. The number of hydrogen-bond acceptors (Lipinski definition) is 4. The Morgan fingerprint density at radius 1 is 0.536 bits per heavy atom. The van der Waals surface area contributed by atoms with Gasteiger partial charge in [0.05, 0.1) is 30.7 Å². The fraction of sp³-hybridized carbons (Fsp3) is 0. The van der Waals surface area contributed by atoms with Crippen LogP contribution in [0.4, 0.5) is 11.4 Å². The summed E-state index contributed by atoms with van der Waals surface area (Å²) in [5.74, 6) is 0. The maximum Gasteiger partial charge on any atom is 0.278 e. The van der Waals surface area contributed by atoms with Gasteiger partial charge in [0, 0.05) is 22.9 Å². The minimum atomic E-state index is -0.461. The van der Waals surface area contributed by atoms with Crippen molar-refractivity contribution in [2.75, 3.05) is 0 Å². The van der Waals surface area contributed by atoms with Crippen LogP contribution in [0.1, 0.15) is 0 Å². The highest BCUT2D eigenvalue weighted by molar-refractivity contribution is 6.44. The Morgan fingerprint density at radius 3 is 1.18 bits per heavy atom. The van der Waals surface area contributed by atoms with E-state index in [0.717, 1.165) is 21.5 Å². The quantitative estimate of drug-likeness (QED) is 0.137. The molecule has 5 rings (SSSR count). The van der Waals surface area contributed by atoms with Crippen molar-refractivity contribution in [3.05, 3.63) is 78.8 Å². The standard InChI is InChI=1S/C20H8Cl2N2O4/c21-13-5-1-9-11-3-7-16(24(27)28)20-14(22)6-2-10(18(11)20)12-4-8-15(23(25)26)19(13)17(9)12/h1-8H.